The summed E-state index contributed by atoms with van der Waals surface area (Å²) in [5.41, 5.74) is 1.12. The standard InChI is InChI=1S/C23H28BrCl2N3O4S/c1-4-27-23(31)16(2)28(15-17-7-5-8-18(24)13-17)22(30)9-6-12-29(34(3,32)33)21-14-19(25)10-11-20(21)26/h5,7-8,10-11,13-14,16H,4,6,9,12,15H2,1-3H3,(H,27,31)/t16-/m1/s1. The van der Waals surface area contributed by atoms with Gasteiger partial charge in [0.25, 0.3) is 0 Å². The number of benzene rings is 2. The molecule has 0 saturated heterocycles. The first-order valence-electron chi connectivity index (χ1n) is 10.7. The largest absolute Gasteiger partial charge is 0.355 e. The predicted molar refractivity (Wildman–Crippen MR) is 141 cm³/mol. The number of nitrogens with zero attached hydrogens (tertiary/aromatic N) is 2. The molecule has 0 saturated carbocycles. The van der Waals surface area contributed by atoms with Gasteiger partial charge in [-0.15, -0.1) is 0 Å². The van der Waals surface area contributed by atoms with Crippen molar-refractivity contribution in [1.82, 2.24) is 10.2 Å². The zero-order chi connectivity index (χ0) is 25.5. The molecule has 1 atom stereocenters. The molecule has 0 bridgehead atoms. The minimum absolute atomic E-state index is 0.0326. The maximum atomic E-state index is 13.2. The highest BCUT2D eigenvalue weighted by Gasteiger charge is 2.27. The van der Waals surface area contributed by atoms with Gasteiger partial charge in [0.1, 0.15) is 6.04 Å². The smallest absolute Gasteiger partial charge is 0.242 e. The Kier molecular flexibility index (Phi) is 10.7. The molecule has 34 heavy (non-hydrogen) atoms. The third-order valence-corrected chi connectivity index (χ3v) is 7.32. The van der Waals surface area contributed by atoms with Crippen LogP contribution in [0.5, 0.6) is 0 Å². The van der Waals surface area contributed by atoms with E-state index in [-0.39, 0.29) is 48.5 Å². The number of nitrogens with one attached hydrogen (secondary N) is 1. The van der Waals surface area contributed by atoms with E-state index in [1.807, 2.05) is 31.2 Å². The molecule has 0 aliphatic rings. The molecule has 186 valence electrons. The van der Waals surface area contributed by atoms with Gasteiger partial charge >= 0.3 is 0 Å². The van der Waals surface area contributed by atoms with E-state index in [1.165, 1.54) is 17.0 Å². The summed E-state index contributed by atoms with van der Waals surface area (Å²) in [7, 11) is -3.67. The van der Waals surface area contributed by atoms with E-state index in [4.69, 9.17) is 23.2 Å². The summed E-state index contributed by atoms with van der Waals surface area (Å²) in [6, 6.07) is 11.4. The summed E-state index contributed by atoms with van der Waals surface area (Å²) in [5, 5.41) is 3.33. The number of hydrogen-bond acceptors (Lipinski definition) is 4. The Labute approximate surface area is 219 Å². The third-order valence-electron chi connectivity index (χ3n) is 5.09. The van der Waals surface area contributed by atoms with Gasteiger partial charge in [-0.2, -0.15) is 0 Å². The molecule has 2 rings (SSSR count). The maximum Gasteiger partial charge on any atom is 0.242 e. The van der Waals surface area contributed by atoms with Crippen molar-refractivity contribution >= 4 is 66.7 Å². The second kappa shape index (κ2) is 12.8. The van der Waals surface area contributed by atoms with Crippen LogP contribution in [0.2, 0.25) is 10.0 Å². The lowest BCUT2D eigenvalue weighted by Gasteiger charge is -2.29. The van der Waals surface area contributed by atoms with Crippen LogP contribution < -0.4 is 9.62 Å². The number of sulfonamides is 1. The van der Waals surface area contributed by atoms with Crippen molar-refractivity contribution in [2.24, 2.45) is 0 Å². The Bertz CT molecular complexity index is 1130. The van der Waals surface area contributed by atoms with Crippen molar-refractivity contribution < 1.29 is 18.0 Å². The van der Waals surface area contributed by atoms with E-state index in [0.29, 0.717) is 11.6 Å². The number of amides is 2. The fourth-order valence-electron chi connectivity index (χ4n) is 3.40. The van der Waals surface area contributed by atoms with Crippen molar-refractivity contribution in [2.75, 3.05) is 23.7 Å². The van der Waals surface area contributed by atoms with Crippen LogP contribution in [0.25, 0.3) is 0 Å². The van der Waals surface area contributed by atoms with Gasteiger partial charge in [-0.05, 0) is 56.2 Å². The number of hydrogen-bond donors (Lipinski definition) is 1. The summed E-state index contributed by atoms with van der Waals surface area (Å²) in [6.07, 6.45) is 1.34. The van der Waals surface area contributed by atoms with Crippen LogP contribution in [0.1, 0.15) is 32.3 Å². The van der Waals surface area contributed by atoms with Gasteiger partial charge in [0.2, 0.25) is 21.8 Å². The van der Waals surface area contributed by atoms with Gasteiger partial charge in [-0.1, -0.05) is 51.3 Å². The van der Waals surface area contributed by atoms with E-state index in [0.717, 1.165) is 20.6 Å². The zero-order valence-electron chi connectivity index (χ0n) is 19.2. The number of rotatable bonds is 11. The van der Waals surface area contributed by atoms with E-state index in [9.17, 15) is 18.0 Å². The van der Waals surface area contributed by atoms with E-state index in [2.05, 4.69) is 21.2 Å². The van der Waals surface area contributed by atoms with Crippen LogP contribution in [-0.2, 0) is 26.2 Å². The number of carbonyl (C=O) groups is 2. The summed E-state index contributed by atoms with van der Waals surface area (Å²) in [6.45, 7) is 4.21. The second-order valence-corrected chi connectivity index (χ2v) is 11.4. The SMILES string of the molecule is CCNC(=O)[C@@H](C)N(Cc1cccc(Br)c1)C(=O)CCCN(c1cc(Cl)ccc1Cl)S(C)(=O)=O. The highest BCUT2D eigenvalue weighted by molar-refractivity contribution is 9.10. The second-order valence-electron chi connectivity index (χ2n) is 7.76. The molecule has 2 aromatic carbocycles. The molecular weight excluding hydrogens is 565 g/mol. The molecule has 11 heteroatoms. The summed E-state index contributed by atoms with van der Waals surface area (Å²) in [5.74, 6) is -0.515. The van der Waals surface area contributed by atoms with Gasteiger partial charge in [0.05, 0.1) is 17.0 Å². The molecule has 0 aromatic heterocycles. The van der Waals surface area contributed by atoms with E-state index in [1.54, 1.807) is 13.0 Å². The minimum Gasteiger partial charge on any atom is -0.355 e. The van der Waals surface area contributed by atoms with E-state index >= 15 is 0 Å². The molecule has 0 heterocycles. The minimum atomic E-state index is -3.67. The lowest BCUT2D eigenvalue weighted by Crippen LogP contribution is -2.47. The molecule has 0 fully saturated rings. The maximum absolute atomic E-state index is 13.2. The average Bonchev–Trinajstić information content (AvgIpc) is 2.75. The van der Waals surface area contributed by atoms with Crippen molar-refractivity contribution in [3.05, 3.63) is 62.5 Å². The lowest BCUT2D eigenvalue weighted by atomic mass is 10.1. The summed E-state index contributed by atoms with van der Waals surface area (Å²) < 4.78 is 26.8. The van der Waals surface area contributed by atoms with Crippen LogP contribution in [0, 0.1) is 0 Å². The molecule has 2 aromatic rings. The Hall–Kier alpha value is -1.81. The molecule has 0 aliphatic heterocycles. The first kappa shape index (κ1) is 28.4. The molecule has 0 spiro atoms. The van der Waals surface area contributed by atoms with Crippen LogP contribution in [0.3, 0.4) is 0 Å². The fraction of sp³-hybridized carbons (Fsp3) is 0.391. The quantitative estimate of drug-likeness (QED) is 0.404. The fourth-order valence-corrected chi connectivity index (χ4v) is 5.25. The molecule has 0 aliphatic carbocycles. The molecule has 0 unspecified atom stereocenters. The first-order valence-corrected chi connectivity index (χ1v) is 14.1. The van der Waals surface area contributed by atoms with Crippen LogP contribution in [0.4, 0.5) is 5.69 Å². The van der Waals surface area contributed by atoms with Gasteiger partial charge < -0.3 is 10.2 Å². The Morgan fingerprint density at radius 3 is 2.47 bits per heavy atom. The topological polar surface area (TPSA) is 86.8 Å². The van der Waals surface area contributed by atoms with E-state index < -0.39 is 16.1 Å². The Morgan fingerprint density at radius 1 is 1.15 bits per heavy atom. The summed E-state index contributed by atoms with van der Waals surface area (Å²) in [4.78, 5) is 27.2. The normalized spacial score (nSPS) is 12.2. The number of anilines is 1. The number of carbonyl (C=O) groups excluding carboxylic acids is 2. The summed E-state index contributed by atoms with van der Waals surface area (Å²) >= 11 is 15.7. The molecule has 2 amide bonds. The lowest BCUT2D eigenvalue weighted by molar-refractivity contribution is -0.140. The molecule has 0 radical (unpaired) electrons. The van der Waals surface area contributed by atoms with Gasteiger partial charge in [0.15, 0.2) is 0 Å². The number of likely N-dealkylation sites (N-methyl/N-ethyl adjacent to an activating group) is 1. The van der Waals surface area contributed by atoms with Crippen LogP contribution in [0.15, 0.2) is 46.9 Å². The zero-order valence-corrected chi connectivity index (χ0v) is 23.1. The highest BCUT2D eigenvalue weighted by Crippen LogP contribution is 2.31. The van der Waals surface area contributed by atoms with Crippen LogP contribution >= 0.6 is 39.1 Å². The third kappa shape index (κ3) is 8.15. The number of halogens is 3. The average molecular weight is 593 g/mol. The van der Waals surface area contributed by atoms with Gasteiger partial charge in [-0.25, -0.2) is 8.42 Å². The van der Waals surface area contributed by atoms with Crippen molar-refractivity contribution in [2.45, 2.75) is 39.3 Å². The van der Waals surface area contributed by atoms with Gasteiger partial charge in [0, 0.05) is 35.6 Å². The molecule has 1 N–H and O–H groups in total. The Morgan fingerprint density at radius 2 is 1.85 bits per heavy atom. The van der Waals surface area contributed by atoms with Crippen molar-refractivity contribution in [3.63, 3.8) is 0 Å². The van der Waals surface area contributed by atoms with Gasteiger partial charge in [-0.3, -0.25) is 13.9 Å². The molecule has 7 nitrogen and oxygen atoms in total. The van der Waals surface area contributed by atoms with Crippen molar-refractivity contribution in [1.29, 1.82) is 0 Å². The Balaban J connectivity index is 2.19. The highest BCUT2D eigenvalue weighted by atomic mass is 79.9. The first-order chi connectivity index (χ1) is 15.9. The predicted octanol–water partition coefficient (Wildman–Crippen LogP) is 4.86. The molecular formula is C23H28BrCl2N3O4S. The van der Waals surface area contributed by atoms with Crippen molar-refractivity contribution in [3.8, 4) is 0 Å². The van der Waals surface area contributed by atoms with Crippen LogP contribution in [-0.4, -0.2) is 50.5 Å². The monoisotopic (exact) mass is 591 g/mol.